The van der Waals surface area contributed by atoms with E-state index in [1.54, 1.807) is 0 Å². The van der Waals surface area contributed by atoms with E-state index in [-0.39, 0.29) is 5.41 Å². The molecule has 2 aromatic rings. The number of benzene rings is 1. The molecule has 2 N–H and O–H groups in total. The van der Waals surface area contributed by atoms with Gasteiger partial charge in [-0.1, -0.05) is 42.5 Å². The molecule has 1 unspecified atom stereocenters. The number of fused-ring (bicyclic) bond motifs is 1. The Labute approximate surface area is 119 Å². The molecule has 1 atom stereocenters. The van der Waals surface area contributed by atoms with Gasteiger partial charge in [-0.15, -0.1) is 0 Å². The predicted octanol–water partition coefficient (Wildman–Crippen LogP) is 4.08. The lowest BCUT2D eigenvalue weighted by molar-refractivity contribution is 0.0515. The molecule has 2 nitrogen and oxygen atoms in total. The quantitative estimate of drug-likeness (QED) is 0.863. The molecule has 0 saturated heterocycles. The van der Waals surface area contributed by atoms with Crippen molar-refractivity contribution in [2.24, 2.45) is 0 Å². The number of aliphatic hydroxyl groups is 1. The second kappa shape index (κ2) is 4.64. The molecule has 0 fully saturated rings. The summed E-state index contributed by atoms with van der Waals surface area (Å²) in [6, 6.07) is 10.5. The van der Waals surface area contributed by atoms with E-state index in [2.05, 4.69) is 53.6 Å². The van der Waals surface area contributed by atoms with Crippen molar-refractivity contribution >= 4 is 10.9 Å². The molecule has 3 rings (SSSR count). The molecular formula is C18H21NO. The van der Waals surface area contributed by atoms with Crippen molar-refractivity contribution in [3.05, 3.63) is 60.3 Å². The minimum Gasteiger partial charge on any atom is -0.390 e. The van der Waals surface area contributed by atoms with Gasteiger partial charge in [-0.3, -0.25) is 0 Å². The summed E-state index contributed by atoms with van der Waals surface area (Å²) in [5, 5.41) is 11.5. The lowest BCUT2D eigenvalue weighted by Gasteiger charge is -2.35. The van der Waals surface area contributed by atoms with Gasteiger partial charge in [-0.25, -0.2) is 0 Å². The number of rotatable bonds is 3. The molecule has 20 heavy (non-hydrogen) atoms. The summed E-state index contributed by atoms with van der Waals surface area (Å²) in [7, 11) is 0. The van der Waals surface area contributed by atoms with Crippen LogP contribution >= 0.6 is 0 Å². The van der Waals surface area contributed by atoms with Crippen LogP contribution in [-0.4, -0.2) is 15.7 Å². The Balaban J connectivity index is 2.09. The molecule has 1 aliphatic carbocycles. The van der Waals surface area contributed by atoms with E-state index in [9.17, 15) is 5.11 Å². The van der Waals surface area contributed by atoms with Crippen LogP contribution < -0.4 is 0 Å². The molecule has 2 heteroatoms. The van der Waals surface area contributed by atoms with Gasteiger partial charge in [-0.05, 0) is 44.2 Å². The van der Waals surface area contributed by atoms with E-state index < -0.39 is 5.60 Å². The van der Waals surface area contributed by atoms with E-state index in [1.165, 1.54) is 11.1 Å². The Morgan fingerprint density at radius 1 is 1.25 bits per heavy atom. The first-order chi connectivity index (χ1) is 9.49. The first-order valence-corrected chi connectivity index (χ1v) is 7.14. The Kier molecular flexibility index (Phi) is 3.06. The van der Waals surface area contributed by atoms with E-state index in [0.717, 1.165) is 11.9 Å². The third-order valence-corrected chi connectivity index (χ3v) is 3.96. The zero-order valence-electron chi connectivity index (χ0n) is 12.1. The highest BCUT2D eigenvalue weighted by Gasteiger charge is 2.36. The zero-order valence-corrected chi connectivity index (χ0v) is 12.1. The summed E-state index contributed by atoms with van der Waals surface area (Å²) in [6.07, 6.45) is 10.2. The smallest absolute Gasteiger partial charge is 0.0603 e. The number of aromatic nitrogens is 1. The van der Waals surface area contributed by atoms with E-state index in [0.29, 0.717) is 6.42 Å². The number of allylic oxidation sites excluding steroid dienone is 4. The molecule has 0 saturated carbocycles. The zero-order chi connectivity index (χ0) is 14.2. The SMILES string of the molecule is CC(C)(O)CC1(c2cc3ccccc3[nH]2)C=CC=CC1. The summed E-state index contributed by atoms with van der Waals surface area (Å²) < 4.78 is 0. The van der Waals surface area contributed by atoms with Crippen LogP contribution in [-0.2, 0) is 5.41 Å². The van der Waals surface area contributed by atoms with Crippen LogP contribution in [0.5, 0.6) is 0 Å². The van der Waals surface area contributed by atoms with Crippen molar-refractivity contribution in [1.82, 2.24) is 4.98 Å². The third-order valence-electron chi connectivity index (χ3n) is 3.96. The van der Waals surface area contributed by atoms with Crippen LogP contribution in [0.1, 0.15) is 32.4 Å². The van der Waals surface area contributed by atoms with Crippen LogP contribution in [0.25, 0.3) is 10.9 Å². The van der Waals surface area contributed by atoms with Gasteiger partial charge in [0, 0.05) is 16.6 Å². The van der Waals surface area contributed by atoms with Gasteiger partial charge < -0.3 is 10.1 Å². The van der Waals surface area contributed by atoms with E-state index >= 15 is 0 Å². The topological polar surface area (TPSA) is 36.0 Å². The molecule has 1 aromatic heterocycles. The maximum absolute atomic E-state index is 10.3. The van der Waals surface area contributed by atoms with Crippen molar-refractivity contribution < 1.29 is 5.11 Å². The minimum atomic E-state index is -0.702. The Morgan fingerprint density at radius 3 is 2.70 bits per heavy atom. The maximum Gasteiger partial charge on any atom is 0.0603 e. The maximum atomic E-state index is 10.3. The number of nitrogens with one attached hydrogen (secondary N) is 1. The normalized spacial score (nSPS) is 22.6. The summed E-state index contributed by atoms with van der Waals surface area (Å²) in [5.41, 5.74) is 1.49. The van der Waals surface area contributed by atoms with Crippen molar-refractivity contribution in [2.75, 3.05) is 0 Å². The summed E-state index contributed by atoms with van der Waals surface area (Å²) >= 11 is 0. The number of para-hydroxylation sites is 1. The van der Waals surface area contributed by atoms with Crippen LogP contribution in [0.4, 0.5) is 0 Å². The first kappa shape index (κ1) is 13.2. The molecule has 0 radical (unpaired) electrons. The first-order valence-electron chi connectivity index (χ1n) is 7.14. The number of aromatic amines is 1. The minimum absolute atomic E-state index is 0.147. The number of H-pyrrole nitrogens is 1. The molecule has 1 heterocycles. The van der Waals surface area contributed by atoms with Crippen molar-refractivity contribution in [2.45, 2.75) is 37.7 Å². The van der Waals surface area contributed by atoms with Crippen molar-refractivity contribution in [3.8, 4) is 0 Å². The molecular weight excluding hydrogens is 246 g/mol. The number of hydrogen-bond donors (Lipinski definition) is 2. The fourth-order valence-corrected chi connectivity index (χ4v) is 3.20. The second-order valence-corrected chi connectivity index (χ2v) is 6.41. The monoisotopic (exact) mass is 267 g/mol. The molecule has 104 valence electrons. The predicted molar refractivity (Wildman–Crippen MR) is 83.8 cm³/mol. The average Bonchev–Trinajstić information content (AvgIpc) is 2.82. The third kappa shape index (κ3) is 2.44. The Bertz CT molecular complexity index is 639. The average molecular weight is 267 g/mol. The standard InChI is InChI=1S/C18H21NO/c1-17(2,20)13-18(10-6-3-7-11-18)16-12-14-8-4-5-9-15(14)19-16/h3-10,12,19-20H,11,13H2,1-2H3. The van der Waals surface area contributed by atoms with Gasteiger partial charge in [-0.2, -0.15) is 0 Å². The van der Waals surface area contributed by atoms with Gasteiger partial charge in [0.2, 0.25) is 0 Å². The highest BCUT2D eigenvalue weighted by atomic mass is 16.3. The van der Waals surface area contributed by atoms with Crippen molar-refractivity contribution in [1.29, 1.82) is 0 Å². The van der Waals surface area contributed by atoms with Crippen LogP contribution in [0.3, 0.4) is 0 Å². The highest BCUT2D eigenvalue weighted by Crippen LogP contribution is 2.40. The molecule has 0 aliphatic heterocycles. The highest BCUT2D eigenvalue weighted by molar-refractivity contribution is 5.80. The largest absolute Gasteiger partial charge is 0.390 e. The van der Waals surface area contributed by atoms with E-state index in [4.69, 9.17) is 0 Å². The molecule has 0 bridgehead atoms. The fourth-order valence-electron chi connectivity index (χ4n) is 3.20. The molecule has 1 aromatic carbocycles. The van der Waals surface area contributed by atoms with Gasteiger partial charge in [0.15, 0.2) is 0 Å². The van der Waals surface area contributed by atoms with Crippen molar-refractivity contribution in [3.63, 3.8) is 0 Å². The Hall–Kier alpha value is -1.80. The molecule has 1 aliphatic rings. The van der Waals surface area contributed by atoms with Crippen LogP contribution in [0.2, 0.25) is 0 Å². The summed E-state index contributed by atoms with van der Waals surface area (Å²) in [4.78, 5) is 3.53. The van der Waals surface area contributed by atoms with Gasteiger partial charge >= 0.3 is 0 Å². The van der Waals surface area contributed by atoms with E-state index in [1.807, 2.05) is 19.9 Å². The molecule has 0 spiro atoms. The second-order valence-electron chi connectivity index (χ2n) is 6.41. The van der Waals surface area contributed by atoms with Gasteiger partial charge in [0.25, 0.3) is 0 Å². The van der Waals surface area contributed by atoms with Gasteiger partial charge in [0.05, 0.1) is 5.60 Å². The Morgan fingerprint density at radius 2 is 2.05 bits per heavy atom. The lowest BCUT2D eigenvalue weighted by atomic mass is 9.71. The molecule has 0 amide bonds. The fraction of sp³-hybridized carbons (Fsp3) is 0.333. The lowest BCUT2D eigenvalue weighted by Crippen LogP contribution is -2.35. The number of hydrogen-bond acceptors (Lipinski definition) is 1. The summed E-state index contributed by atoms with van der Waals surface area (Å²) in [6.45, 7) is 3.76. The van der Waals surface area contributed by atoms with Crippen LogP contribution in [0.15, 0.2) is 54.6 Å². The van der Waals surface area contributed by atoms with Gasteiger partial charge in [0.1, 0.15) is 0 Å². The van der Waals surface area contributed by atoms with Crippen LogP contribution in [0, 0.1) is 0 Å². The summed E-state index contributed by atoms with van der Waals surface area (Å²) in [5.74, 6) is 0.